The summed E-state index contributed by atoms with van der Waals surface area (Å²) in [5.74, 6) is -0.265. The highest BCUT2D eigenvalue weighted by Crippen LogP contribution is 2.23. The molecule has 1 aliphatic carbocycles. The lowest BCUT2D eigenvalue weighted by Gasteiger charge is -2.18. The summed E-state index contributed by atoms with van der Waals surface area (Å²) in [5, 5.41) is 3.21. The number of amides is 1. The van der Waals surface area contributed by atoms with Gasteiger partial charge < -0.3 is 11.1 Å². The van der Waals surface area contributed by atoms with Gasteiger partial charge in [0, 0.05) is 28.9 Å². The number of hydrogen-bond donors (Lipinski definition) is 2. The van der Waals surface area contributed by atoms with Crippen LogP contribution in [0.4, 0.5) is 5.69 Å². The molecule has 4 nitrogen and oxygen atoms in total. The van der Waals surface area contributed by atoms with Crippen molar-refractivity contribution in [2.75, 3.05) is 5.32 Å². The molecule has 1 aromatic rings. The molecule has 2 rings (SSSR count). The Labute approximate surface area is 106 Å². The van der Waals surface area contributed by atoms with Crippen LogP contribution in [-0.4, -0.2) is 11.7 Å². The number of carbonyl (C=O) groups excluding carboxylic acids is 2. The number of benzene rings is 1. The Morgan fingerprint density at radius 1 is 1.33 bits per heavy atom. The second kappa shape index (κ2) is 5.04. The van der Waals surface area contributed by atoms with Crippen LogP contribution in [0.2, 0.25) is 0 Å². The fourth-order valence-corrected chi connectivity index (χ4v) is 2.05. The molecule has 4 heteroatoms. The third-order valence-corrected chi connectivity index (χ3v) is 3.14. The van der Waals surface area contributed by atoms with Gasteiger partial charge in [0.2, 0.25) is 5.91 Å². The summed E-state index contributed by atoms with van der Waals surface area (Å²) in [7, 11) is 0. The largest absolute Gasteiger partial charge is 0.366 e. The molecular weight excluding hydrogens is 228 g/mol. The van der Waals surface area contributed by atoms with Crippen LogP contribution in [0, 0.1) is 0 Å². The maximum absolute atomic E-state index is 11.6. The van der Waals surface area contributed by atoms with Crippen LogP contribution in [0.15, 0.2) is 35.5 Å². The van der Waals surface area contributed by atoms with Gasteiger partial charge in [0.1, 0.15) is 0 Å². The van der Waals surface area contributed by atoms with Crippen molar-refractivity contribution in [2.45, 2.75) is 26.2 Å². The highest BCUT2D eigenvalue weighted by Gasteiger charge is 2.16. The van der Waals surface area contributed by atoms with E-state index < -0.39 is 5.91 Å². The lowest BCUT2D eigenvalue weighted by molar-refractivity contribution is -0.116. The van der Waals surface area contributed by atoms with Gasteiger partial charge in [-0.2, -0.15) is 0 Å². The molecule has 0 aliphatic heterocycles. The molecule has 0 saturated heterocycles. The smallest absolute Gasteiger partial charge is 0.248 e. The van der Waals surface area contributed by atoms with Crippen LogP contribution >= 0.6 is 0 Å². The van der Waals surface area contributed by atoms with Crippen molar-refractivity contribution in [1.82, 2.24) is 0 Å². The van der Waals surface area contributed by atoms with Crippen LogP contribution in [0.3, 0.4) is 0 Å². The first-order valence-electron chi connectivity index (χ1n) is 5.98. The topological polar surface area (TPSA) is 72.2 Å². The first-order valence-corrected chi connectivity index (χ1v) is 5.98. The second-order valence-corrected chi connectivity index (χ2v) is 4.45. The Kier molecular flexibility index (Phi) is 3.46. The number of allylic oxidation sites excluding steroid dienone is 2. The number of carbonyl (C=O) groups is 2. The summed E-state index contributed by atoms with van der Waals surface area (Å²) in [6.07, 6.45) is 2.35. The molecule has 1 amide bonds. The van der Waals surface area contributed by atoms with Gasteiger partial charge in [-0.3, -0.25) is 9.59 Å². The molecule has 0 unspecified atom stereocenters. The summed E-state index contributed by atoms with van der Waals surface area (Å²) >= 11 is 0. The molecule has 18 heavy (non-hydrogen) atoms. The van der Waals surface area contributed by atoms with Crippen LogP contribution in [-0.2, 0) is 4.79 Å². The molecule has 0 spiro atoms. The van der Waals surface area contributed by atoms with Crippen LogP contribution in [0.25, 0.3) is 0 Å². The van der Waals surface area contributed by atoms with E-state index in [1.54, 1.807) is 18.2 Å². The summed E-state index contributed by atoms with van der Waals surface area (Å²) in [4.78, 5) is 22.7. The highest BCUT2D eigenvalue weighted by molar-refractivity contribution is 5.97. The molecular formula is C14H16N2O2. The maximum atomic E-state index is 11.6. The van der Waals surface area contributed by atoms with Crippen molar-refractivity contribution in [2.24, 2.45) is 5.73 Å². The molecule has 0 bridgehead atoms. The number of Topliss-reactive ketones (excluding diaryl/α,β-unsaturated/α-hetero) is 1. The fourth-order valence-electron chi connectivity index (χ4n) is 2.05. The number of hydrogen-bond acceptors (Lipinski definition) is 3. The van der Waals surface area contributed by atoms with Crippen molar-refractivity contribution in [3.63, 3.8) is 0 Å². The first-order chi connectivity index (χ1) is 8.58. The average Bonchev–Trinajstić information content (AvgIpc) is 2.35. The lowest BCUT2D eigenvalue weighted by atomic mass is 9.96. The summed E-state index contributed by atoms with van der Waals surface area (Å²) in [6, 6.07) is 6.98. The molecule has 94 valence electrons. The van der Waals surface area contributed by atoms with E-state index in [0.717, 1.165) is 29.8 Å². The van der Waals surface area contributed by atoms with Gasteiger partial charge in [-0.15, -0.1) is 0 Å². The zero-order valence-electron chi connectivity index (χ0n) is 10.3. The van der Waals surface area contributed by atoms with Crippen LogP contribution < -0.4 is 11.1 Å². The zero-order chi connectivity index (χ0) is 13.1. The SMILES string of the molecule is CC1=C(Nc2cccc(C(N)=O)c2)CCCC1=O. The molecule has 1 aliphatic rings. The average molecular weight is 244 g/mol. The molecule has 0 aromatic heterocycles. The van der Waals surface area contributed by atoms with Gasteiger partial charge in [0.05, 0.1) is 0 Å². The van der Waals surface area contributed by atoms with Crippen molar-refractivity contribution >= 4 is 17.4 Å². The van der Waals surface area contributed by atoms with Gasteiger partial charge in [-0.1, -0.05) is 6.07 Å². The zero-order valence-corrected chi connectivity index (χ0v) is 10.3. The first kappa shape index (κ1) is 12.4. The standard InChI is InChI=1S/C14H16N2O2/c1-9-12(6-3-7-13(9)17)16-11-5-2-4-10(8-11)14(15)18/h2,4-5,8,16H,3,6-7H2,1H3,(H2,15,18). The molecule has 1 aromatic carbocycles. The van der Waals surface area contributed by atoms with E-state index in [9.17, 15) is 9.59 Å². The van der Waals surface area contributed by atoms with E-state index in [1.807, 2.05) is 13.0 Å². The van der Waals surface area contributed by atoms with E-state index >= 15 is 0 Å². The molecule has 0 fully saturated rings. The fraction of sp³-hybridized carbons (Fsp3) is 0.286. The summed E-state index contributed by atoms with van der Waals surface area (Å²) in [5.41, 5.74) is 8.20. The van der Waals surface area contributed by atoms with E-state index in [-0.39, 0.29) is 5.78 Å². The van der Waals surface area contributed by atoms with Crippen molar-refractivity contribution < 1.29 is 9.59 Å². The van der Waals surface area contributed by atoms with Crippen LogP contribution in [0.5, 0.6) is 0 Å². The summed E-state index contributed by atoms with van der Waals surface area (Å²) < 4.78 is 0. The second-order valence-electron chi connectivity index (χ2n) is 4.45. The monoisotopic (exact) mass is 244 g/mol. The molecule has 3 N–H and O–H groups in total. The molecule has 0 atom stereocenters. The van der Waals surface area contributed by atoms with E-state index in [4.69, 9.17) is 5.73 Å². The third-order valence-electron chi connectivity index (χ3n) is 3.14. The third kappa shape index (κ3) is 2.59. The molecule has 0 saturated carbocycles. The van der Waals surface area contributed by atoms with Crippen molar-refractivity contribution in [3.05, 3.63) is 41.1 Å². The predicted octanol–water partition coefficient (Wildman–Crippen LogP) is 2.22. The van der Waals surface area contributed by atoms with Gasteiger partial charge >= 0.3 is 0 Å². The molecule has 0 radical (unpaired) electrons. The van der Waals surface area contributed by atoms with Gasteiger partial charge in [-0.05, 0) is 38.0 Å². The van der Waals surface area contributed by atoms with Gasteiger partial charge in [0.15, 0.2) is 5.78 Å². The van der Waals surface area contributed by atoms with Crippen LogP contribution in [0.1, 0.15) is 36.5 Å². The van der Waals surface area contributed by atoms with E-state index in [2.05, 4.69) is 5.32 Å². The number of ketones is 1. The minimum atomic E-state index is -0.455. The number of nitrogens with one attached hydrogen (secondary N) is 1. The Morgan fingerprint density at radius 3 is 2.83 bits per heavy atom. The minimum absolute atomic E-state index is 0.190. The maximum Gasteiger partial charge on any atom is 0.248 e. The number of anilines is 1. The Bertz CT molecular complexity index is 532. The van der Waals surface area contributed by atoms with Gasteiger partial charge in [-0.25, -0.2) is 0 Å². The quantitative estimate of drug-likeness (QED) is 0.856. The van der Waals surface area contributed by atoms with Gasteiger partial charge in [0.25, 0.3) is 0 Å². The lowest BCUT2D eigenvalue weighted by Crippen LogP contribution is -2.15. The summed E-state index contributed by atoms with van der Waals surface area (Å²) in [6.45, 7) is 1.84. The number of primary amides is 1. The normalized spacial score (nSPS) is 15.7. The Morgan fingerprint density at radius 2 is 2.11 bits per heavy atom. The van der Waals surface area contributed by atoms with Crippen molar-refractivity contribution in [3.8, 4) is 0 Å². The minimum Gasteiger partial charge on any atom is -0.366 e. The molecule has 0 heterocycles. The van der Waals surface area contributed by atoms with E-state index in [1.165, 1.54) is 0 Å². The van der Waals surface area contributed by atoms with Crippen molar-refractivity contribution in [1.29, 1.82) is 0 Å². The Hall–Kier alpha value is -2.10. The number of rotatable bonds is 3. The number of nitrogens with two attached hydrogens (primary N) is 1. The predicted molar refractivity (Wildman–Crippen MR) is 70.1 cm³/mol. The Balaban J connectivity index is 2.24. The highest BCUT2D eigenvalue weighted by atomic mass is 16.1. The van der Waals surface area contributed by atoms with E-state index in [0.29, 0.717) is 12.0 Å².